The van der Waals surface area contributed by atoms with Crippen LogP contribution in [0.25, 0.3) is 11.0 Å². The van der Waals surface area contributed by atoms with Gasteiger partial charge in [-0.3, -0.25) is 9.59 Å². The number of nitrogens with one attached hydrogen (secondary N) is 1. The maximum absolute atomic E-state index is 12.8. The van der Waals surface area contributed by atoms with E-state index in [1.807, 2.05) is 30.0 Å². The van der Waals surface area contributed by atoms with Gasteiger partial charge in [-0.25, -0.2) is 4.98 Å². The number of carbonyl (C=O) groups is 1. The standard InChI is InChI=1S/C20H21N3O3/c1-13-4-5-16-15(11-26-18(16)7-13)8-20(25)23-6-2-3-14(10-23)17-9-19(24)22-12-21-17/h4-5,7,9,11-12,14H,2-3,6,8,10H2,1H3,(H,21,22,24). The third-order valence-corrected chi connectivity index (χ3v) is 5.04. The van der Waals surface area contributed by atoms with Gasteiger partial charge in [0.1, 0.15) is 5.58 Å². The van der Waals surface area contributed by atoms with Crippen molar-refractivity contribution in [2.45, 2.75) is 32.1 Å². The number of carbonyl (C=O) groups excluding carboxylic acids is 1. The molecule has 4 rings (SSSR count). The molecule has 2 aromatic heterocycles. The van der Waals surface area contributed by atoms with Crippen LogP contribution in [0.3, 0.4) is 0 Å². The van der Waals surface area contributed by atoms with Crippen molar-refractivity contribution in [3.8, 4) is 0 Å². The Morgan fingerprint density at radius 1 is 1.38 bits per heavy atom. The van der Waals surface area contributed by atoms with Crippen molar-refractivity contribution in [3.63, 3.8) is 0 Å². The van der Waals surface area contributed by atoms with E-state index >= 15 is 0 Å². The third kappa shape index (κ3) is 3.27. The minimum Gasteiger partial charge on any atom is -0.464 e. The molecule has 1 N–H and O–H groups in total. The summed E-state index contributed by atoms with van der Waals surface area (Å²) in [5, 5.41) is 0.994. The molecule has 0 radical (unpaired) electrons. The first-order valence-corrected chi connectivity index (χ1v) is 8.89. The van der Waals surface area contributed by atoms with Gasteiger partial charge in [-0.15, -0.1) is 0 Å². The number of likely N-dealkylation sites (tertiary alicyclic amines) is 1. The Balaban J connectivity index is 1.49. The molecule has 6 nitrogen and oxygen atoms in total. The molecule has 3 heterocycles. The van der Waals surface area contributed by atoms with Crippen molar-refractivity contribution in [3.05, 3.63) is 64.0 Å². The number of furan rings is 1. The number of hydrogen-bond acceptors (Lipinski definition) is 4. The Labute approximate surface area is 150 Å². The highest BCUT2D eigenvalue weighted by Gasteiger charge is 2.26. The zero-order valence-corrected chi connectivity index (χ0v) is 14.7. The van der Waals surface area contributed by atoms with Crippen LogP contribution in [0.5, 0.6) is 0 Å². The van der Waals surface area contributed by atoms with Crippen LogP contribution in [-0.4, -0.2) is 33.9 Å². The first kappa shape index (κ1) is 16.6. The number of benzene rings is 1. The average molecular weight is 351 g/mol. The molecule has 1 atom stereocenters. The van der Waals surface area contributed by atoms with Crippen LogP contribution in [-0.2, 0) is 11.2 Å². The highest BCUT2D eigenvalue weighted by Crippen LogP contribution is 2.27. The van der Waals surface area contributed by atoms with Gasteiger partial charge in [0.05, 0.1) is 24.7 Å². The second-order valence-corrected chi connectivity index (χ2v) is 6.95. The predicted molar refractivity (Wildman–Crippen MR) is 98.1 cm³/mol. The Hall–Kier alpha value is -2.89. The molecule has 1 aromatic carbocycles. The first-order chi connectivity index (χ1) is 12.6. The van der Waals surface area contributed by atoms with E-state index < -0.39 is 0 Å². The zero-order valence-electron chi connectivity index (χ0n) is 14.7. The summed E-state index contributed by atoms with van der Waals surface area (Å²) in [7, 11) is 0. The molecule has 1 amide bonds. The molecule has 1 saturated heterocycles. The normalized spacial score (nSPS) is 17.6. The van der Waals surface area contributed by atoms with Crippen LogP contribution in [0, 0.1) is 6.92 Å². The molecule has 1 aliphatic rings. The van der Waals surface area contributed by atoms with Crippen molar-refractivity contribution >= 4 is 16.9 Å². The minimum absolute atomic E-state index is 0.0859. The molecule has 6 heteroatoms. The molecule has 1 unspecified atom stereocenters. The highest BCUT2D eigenvalue weighted by molar-refractivity contribution is 5.88. The number of rotatable bonds is 3. The maximum atomic E-state index is 12.8. The van der Waals surface area contributed by atoms with Gasteiger partial charge in [0.2, 0.25) is 5.91 Å². The fourth-order valence-corrected chi connectivity index (χ4v) is 3.65. The van der Waals surface area contributed by atoms with Gasteiger partial charge in [0.15, 0.2) is 0 Å². The Kier molecular flexibility index (Phi) is 4.32. The molecule has 1 aliphatic heterocycles. The number of hydrogen-bond donors (Lipinski definition) is 1. The van der Waals surface area contributed by atoms with Gasteiger partial charge in [0.25, 0.3) is 5.56 Å². The summed E-state index contributed by atoms with van der Waals surface area (Å²) in [6, 6.07) is 7.56. The fourth-order valence-electron chi connectivity index (χ4n) is 3.65. The van der Waals surface area contributed by atoms with E-state index in [2.05, 4.69) is 9.97 Å². The number of aromatic nitrogens is 2. The highest BCUT2D eigenvalue weighted by atomic mass is 16.3. The topological polar surface area (TPSA) is 79.2 Å². The molecule has 0 bridgehead atoms. The summed E-state index contributed by atoms with van der Waals surface area (Å²) < 4.78 is 5.60. The molecular weight excluding hydrogens is 330 g/mol. The van der Waals surface area contributed by atoms with Gasteiger partial charge >= 0.3 is 0 Å². The number of nitrogens with zero attached hydrogens (tertiary/aromatic N) is 2. The smallest absolute Gasteiger partial charge is 0.250 e. The van der Waals surface area contributed by atoms with E-state index in [1.54, 1.807) is 6.26 Å². The van der Waals surface area contributed by atoms with Crippen molar-refractivity contribution in [1.29, 1.82) is 0 Å². The van der Waals surface area contributed by atoms with Gasteiger partial charge < -0.3 is 14.3 Å². The monoisotopic (exact) mass is 351 g/mol. The third-order valence-electron chi connectivity index (χ3n) is 5.04. The summed E-state index contributed by atoms with van der Waals surface area (Å²) in [5.41, 5.74) is 3.47. The summed E-state index contributed by atoms with van der Waals surface area (Å²) in [6.45, 7) is 3.36. The van der Waals surface area contributed by atoms with Crippen molar-refractivity contribution in [2.75, 3.05) is 13.1 Å². The van der Waals surface area contributed by atoms with E-state index in [0.29, 0.717) is 13.0 Å². The summed E-state index contributed by atoms with van der Waals surface area (Å²) >= 11 is 0. The Morgan fingerprint density at radius 3 is 3.12 bits per heavy atom. The van der Waals surface area contributed by atoms with Crippen molar-refractivity contribution in [2.24, 2.45) is 0 Å². The van der Waals surface area contributed by atoms with E-state index in [9.17, 15) is 9.59 Å². The molecule has 134 valence electrons. The number of piperidine rings is 1. The zero-order chi connectivity index (χ0) is 18.1. The van der Waals surface area contributed by atoms with Crippen LogP contribution in [0.1, 0.15) is 35.6 Å². The second kappa shape index (κ2) is 6.78. The van der Waals surface area contributed by atoms with Gasteiger partial charge in [-0.1, -0.05) is 12.1 Å². The number of amides is 1. The summed E-state index contributed by atoms with van der Waals surface area (Å²) in [6.07, 6.45) is 5.29. The lowest BCUT2D eigenvalue weighted by Gasteiger charge is -2.32. The van der Waals surface area contributed by atoms with Crippen LogP contribution >= 0.6 is 0 Å². The lowest BCUT2D eigenvalue weighted by molar-refractivity contribution is -0.131. The fraction of sp³-hybridized carbons (Fsp3) is 0.350. The molecule has 1 fully saturated rings. The SMILES string of the molecule is Cc1ccc2c(CC(=O)N3CCCC(c4cc(=O)[nH]cn4)C3)coc2c1. The maximum Gasteiger partial charge on any atom is 0.250 e. The van der Waals surface area contributed by atoms with Crippen LogP contribution in [0.2, 0.25) is 0 Å². The van der Waals surface area contributed by atoms with Crippen LogP contribution in [0.4, 0.5) is 0 Å². The van der Waals surface area contributed by atoms with E-state index in [1.165, 1.54) is 12.4 Å². The predicted octanol–water partition coefficient (Wildman–Crippen LogP) is 2.77. The summed E-state index contributed by atoms with van der Waals surface area (Å²) in [5.74, 6) is 0.196. The first-order valence-electron chi connectivity index (χ1n) is 8.89. The Bertz CT molecular complexity index is 1000. The minimum atomic E-state index is -0.154. The molecule has 0 saturated carbocycles. The van der Waals surface area contributed by atoms with Crippen LogP contribution < -0.4 is 5.56 Å². The second-order valence-electron chi connectivity index (χ2n) is 6.95. The van der Waals surface area contributed by atoms with Gasteiger partial charge in [-0.2, -0.15) is 0 Å². The summed E-state index contributed by atoms with van der Waals surface area (Å²) in [4.78, 5) is 33.0. The molecule has 0 spiro atoms. The largest absolute Gasteiger partial charge is 0.464 e. The molecular formula is C20H21N3O3. The Morgan fingerprint density at radius 2 is 2.27 bits per heavy atom. The number of H-pyrrole nitrogens is 1. The van der Waals surface area contributed by atoms with E-state index in [-0.39, 0.29) is 17.4 Å². The van der Waals surface area contributed by atoms with Crippen molar-refractivity contribution < 1.29 is 9.21 Å². The van der Waals surface area contributed by atoms with E-state index in [4.69, 9.17) is 4.42 Å². The molecule has 0 aliphatic carbocycles. The quantitative estimate of drug-likeness (QED) is 0.787. The lowest BCUT2D eigenvalue weighted by atomic mass is 9.94. The van der Waals surface area contributed by atoms with E-state index in [0.717, 1.165) is 47.2 Å². The lowest BCUT2D eigenvalue weighted by Crippen LogP contribution is -2.40. The average Bonchev–Trinajstić information content (AvgIpc) is 3.03. The van der Waals surface area contributed by atoms with Gasteiger partial charge in [-0.05, 0) is 31.4 Å². The number of fused-ring (bicyclic) bond motifs is 1. The van der Waals surface area contributed by atoms with Gasteiger partial charge in [0, 0.05) is 36.0 Å². The molecule has 26 heavy (non-hydrogen) atoms. The number of aromatic amines is 1. The van der Waals surface area contributed by atoms with Crippen LogP contribution in [0.15, 0.2) is 46.1 Å². The number of aryl methyl sites for hydroxylation is 1. The molecule has 3 aromatic rings. The van der Waals surface area contributed by atoms with Crippen molar-refractivity contribution in [1.82, 2.24) is 14.9 Å².